The molecule has 1 aromatic rings. The van der Waals surface area contributed by atoms with E-state index in [1.54, 1.807) is 10.9 Å². The van der Waals surface area contributed by atoms with Crippen molar-refractivity contribution >= 4 is 5.91 Å². The van der Waals surface area contributed by atoms with Gasteiger partial charge in [0, 0.05) is 31.9 Å². The molecule has 1 aromatic heterocycles. The fourth-order valence-corrected chi connectivity index (χ4v) is 2.85. The highest BCUT2D eigenvalue weighted by atomic mass is 16.2. The quantitative estimate of drug-likeness (QED) is 0.895. The lowest BCUT2D eigenvalue weighted by Gasteiger charge is -2.34. The van der Waals surface area contributed by atoms with E-state index < -0.39 is 0 Å². The summed E-state index contributed by atoms with van der Waals surface area (Å²) in [6.45, 7) is 3.08. The number of nitrogens with two attached hydrogens (primary N) is 1. The summed E-state index contributed by atoms with van der Waals surface area (Å²) in [6, 6.07) is 0.351. The standard InChI is InChI=1S/C14H24N4O/c1-11-13(10-16-17(11)2)14(19)18(9-8-15)12-6-4-3-5-7-12/h10,12H,3-9,15H2,1-2H3. The molecular weight excluding hydrogens is 240 g/mol. The lowest BCUT2D eigenvalue weighted by Crippen LogP contribution is -2.44. The van der Waals surface area contributed by atoms with Gasteiger partial charge in [0.2, 0.25) is 0 Å². The SMILES string of the molecule is Cc1c(C(=O)N(CCN)C2CCCCC2)cnn1C. The highest BCUT2D eigenvalue weighted by molar-refractivity contribution is 5.95. The van der Waals surface area contributed by atoms with Crippen LogP contribution in [0.5, 0.6) is 0 Å². The number of aryl methyl sites for hydroxylation is 1. The molecule has 1 fully saturated rings. The molecule has 19 heavy (non-hydrogen) atoms. The second-order valence-corrected chi connectivity index (χ2v) is 5.35. The average Bonchev–Trinajstić information content (AvgIpc) is 2.77. The Kier molecular flexibility index (Phi) is 4.58. The minimum atomic E-state index is 0.0861. The van der Waals surface area contributed by atoms with Crippen LogP contribution in [-0.2, 0) is 7.05 Å². The molecule has 0 spiro atoms. The van der Waals surface area contributed by atoms with Crippen molar-refractivity contribution in [3.63, 3.8) is 0 Å². The zero-order valence-electron chi connectivity index (χ0n) is 11.9. The molecule has 106 valence electrons. The summed E-state index contributed by atoms with van der Waals surface area (Å²) in [6.07, 6.45) is 7.59. The Balaban J connectivity index is 2.18. The molecule has 2 rings (SSSR count). The summed E-state index contributed by atoms with van der Waals surface area (Å²) in [4.78, 5) is 14.6. The topological polar surface area (TPSA) is 64.2 Å². The molecule has 1 aliphatic rings. The second kappa shape index (κ2) is 6.19. The van der Waals surface area contributed by atoms with Crippen molar-refractivity contribution in [2.75, 3.05) is 13.1 Å². The Morgan fingerprint density at radius 3 is 2.68 bits per heavy atom. The van der Waals surface area contributed by atoms with Crippen LogP contribution >= 0.6 is 0 Å². The second-order valence-electron chi connectivity index (χ2n) is 5.35. The van der Waals surface area contributed by atoms with Crippen LogP contribution in [0.2, 0.25) is 0 Å². The van der Waals surface area contributed by atoms with Gasteiger partial charge in [-0.3, -0.25) is 9.48 Å². The molecule has 0 aliphatic heterocycles. The lowest BCUT2D eigenvalue weighted by molar-refractivity contribution is 0.0641. The van der Waals surface area contributed by atoms with Gasteiger partial charge in [0.05, 0.1) is 11.8 Å². The van der Waals surface area contributed by atoms with Crippen molar-refractivity contribution in [3.05, 3.63) is 17.5 Å². The molecule has 0 unspecified atom stereocenters. The first-order chi connectivity index (χ1) is 9.15. The molecule has 0 aromatic carbocycles. The zero-order valence-corrected chi connectivity index (χ0v) is 11.9. The molecule has 1 aliphatic carbocycles. The van der Waals surface area contributed by atoms with Crippen LogP contribution in [-0.4, -0.2) is 39.7 Å². The molecule has 0 radical (unpaired) electrons. The van der Waals surface area contributed by atoms with Gasteiger partial charge in [0.1, 0.15) is 0 Å². The third kappa shape index (κ3) is 2.97. The van der Waals surface area contributed by atoms with E-state index in [2.05, 4.69) is 5.10 Å². The summed E-state index contributed by atoms with van der Waals surface area (Å²) < 4.78 is 1.74. The molecule has 1 saturated carbocycles. The van der Waals surface area contributed by atoms with Crippen LogP contribution in [0.3, 0.4) is 0 Å². The smallest absolute Gasteiger partial charge is 0.257 e. The van der Waals surface area contributed by atoms with Crippen molar-refractivity contribution in [1.29, 1.82) is 0 Å². The first-order valence-electron chi connectivity index (χ1n) is 7.14. The van der Waals surface area contributed by atoms with Crippen molar-refractivity contribution in [3.8, 4) is 0 Å². The van der Waals surface area contributed by atoms with Crippen LogP contribution in [0, 0.1) is 6.92 Å². The maximum absolute atomic E-state index is 12.7. The minimum absolute atomic E-state index is 0.0861. The van der Waals surface area contributed by atoms with Crippen LogP contribution in [0.4, 0.5) is 0 Å². The number of rotatable bonds is 4. The van der Waals surface area contributed by atoms with Gasteiger partial charge in [0.15, 0.2) is 0 Å². The lowest BCUT2D eigenvalue weighted by atomic mass is 9.93. The number of carbonyl (C=O) groups is 1. The Hall–Kier alpha value is -1.36. The Morgan fingerprint density at radius 2 is 2.16 bits per heavy atom. The molecule has 0 atom stereocenters. The predicted molar refractivity (Wildman–Crippen MR) is 74.9 cm³/mol. The van der Waals surface area contributed by atoms with Crippen molar-refractivity contribution in [2.24, 2.45) is 12.8 Å². The molecule has 1 amide bonds. The number of carbonyl (C=O) groups excluding carboxylic acids is 1. The van der Waals surface area contributed by atoms with Crippen LogP contribution in [0.15, 0.2) is 6.20 Å². The van der Waals surface area contributed by atoms with Gasteiger partial charge in [-0.1, -0.05) is 19.3 Å². The highest BCUT2D eigenvalue weighted by Gasteiger charge is 2.27. The van der Waals surface area contributed by atoms with Crippen LogP contribution < -0.4 is 5.73 Å². The number of hydrogen-bond donors (Lipinski definition) is 1. The minimum Gasteiger partial charge on any atom is -0.334 e. The molecule has 1 heterocycles. The fourth-order valence-electron chi connectivity index (χ4n) is 2.85. The molecule has 5 nitrogen and oxygen atoms in total. The van der Waals surface area contributed by atoms with Gasteiger partial charge in [-0.25, -0.2) is 0 Å². The first kappa shape index (κ1) is 14.1. The Labute approximate surface area is 114 Å². The molecule has 0 bridgehead atoms. The summed E-state index contributed by atoms with van der Waals surface area (Å²) in [7, 11) is 1.86. The Morgan fingerprint density at radius 1 is 1.47 bits per heavy atom. The summed E-state index contributed by atoms with van der Waals surface area (Å²) in [5.41, 5.74) is 7.31. The van der Waals surface area contributed by atoms with Gasteiger partial charge in [-0.2, -0.15) is 5.10 Å². The maximum Gasteiger partial charge on any atom is 0.257 e. The van der Waals surface area contributed by atoms with Gasteiger partial charge in [-0.05, 0) is 19.8 Å². The largest absolute Gasteiger partial charge is 0.334 e. The van der Waals surface area contributed by atoms with E-state index in [9.17, 15) is 4.79 Å². The van der Waals surface area contributed by atoms with E-state index in [0.29, 0.717) is 24.7 Å². The van der Waals surface area contributed by atoms with E-state index in [-0.39, 0.29) is 5.91 Å². The number of aromatic nitrogens is 2. The van der Waals surface area contributed by atoms with Crippen molar-refractivity contribution in [1.82, 2.24) is 14.7 Å². The van der Waals surface area contributed by atoms with Crippen LogP contribution in [0.25, 0.3) is 0 Å². The first-order valence-corrected chi connectivity index (χ1v) is 7.14. The normalized spacial score (nSPS) is 16.6. The number of nitrogens with zero attached hydrogens (tertiary/aromatic N) is 3. The van der Waals surface area contributed by atoms with E-state index in [1.165, 1.54) is 19.3 Å². The van der Waals surface area contributed by atoms with Gasteiger partial charge in [-0.15, -0.1) is 0 Å². The Bertz CT molecular complexity index is 435. The third-order valence-electron chi connectivity index (χ3n) is 4.11. The van der Waals surface area contributed by atoms with Gasteiger partial charge in [0.25, 0.3) is 5.91 Å². The molecule has 5 heteroatoms. The van der Waals surface area contributed by atoms with Crippen LogP contribution in [0.1, 0.15) is 48.2 Å². The highest BCUT2D eigenvalue weighted by Crippen LogP contribution is 2.24. The fraction of sp³-hybridized carbons (Fsp3) is 0.714. The summed E-state index contributed by atoms with van der Waals surface area (Å²) >= 11 is 0. The number of amides is 1. The van der Waals surface area contributed by atoms with E-state index >= 15 is 0 Å². The zero-order chi connectivity index (χ0) is 13.8. The summed E-state index contributed by atoms with van der Waals surface area (Å²) in [5, 5.41) is 4.16. The number of hydrogen-bond acceptors (Lipinski definition) is 3. The van der Waals surface area contributed by atoms with Crippen molar-refractivity contribution in [2.45, 2.75) is 45.1 Å². The monoisotopic (exact) mass is 264 g/mol. The molecule has 2 N–H and O–H groups in total. The van der Waals surface area contributed by atoms with E-state index in [4.69, 9.17) is 5.73 Å². The molecule has 0 saturated heterocycles. The maximum atomic E-state index is 12.7. The predicted octanol–water partition coefficient (Wildman–Crippen LogP) is 1.46. The van der Waals surface area contributed by atoms with E-state index in [1.807, 2.05) is 18.9 Å². The average molecular weight is 264 g/mol. The van der Waals surface area contributed by atoms with Crippen molar-refractivity contribution < 1.29 is 4.79 Å². The van der Waals surface area contributed by atoms with E-state index in [0.717, 1.165) is 18.5 Å². The molecular formula is C14H24N4O. The van der Waals surface area contributed by atoms with Gasteiger partial charge < -0.3 is 10.6 Å². The summed E-state index contributed by atoms with van der Waals surface area (Å²) in [5.74, 6) is 0.0861. The van der Waals surface area contributed by atoms with Gasteiger partial charge >= 0.3 is 0 Å². The third-order valence-corrected chi connectivity index (χ3v) is 4.11.